The Morgan fingerprint density at radius 2 is 1.88 bits per heavy atom. The second kappa shape index (κ2) is 8.13. The van der Waals surface area contributed by atoms with Crippen molar-refractivity contribution in [3.63, 3.8) is 0 Å². The molecule has 0 saturated carbocycles. The molecule has 0 saturated heterocycles. The first-order valence-electron chi connectivity index (χ1n) is 7.91. The third-order valence-corrected chi connectivity index (χ3v) is 4.38. The van der Waals surface area contributed by atoms with Gasteiger partial charge in [0.1, 0.15) is 11.6 Å². The molecule has 0 radical (unpaired) electrons. The van der Waals surface area contributed by atoms with Crippen molar-refractivity contribution >= 4 is 11.8 Å². The zero-order chi connectivity index (χ0) is 17.6. The van der Waals surface area contributed by atoms with E-state index in [1.165, 1.54) is 17.8 Å². The maximum absolute atomic E-state index is 14.4. The summed E-state index contributed by atoms with van der Waals surface area (Å²) < 4.78 is 21.5. The van der Waals surface area contributed by atoms with Crippen LogP contribution in [0.5, 0.6) is 5.75 Å². The van der Waals surface area contributed by atoms with Crippen LogP contribution in [0, 0.1) is 5.82 Å². The molecule has 130 valence electrons. The fraction of sp³-hybridized carbons (Fsp3) is 0.222. The molecule has 0 amide bonds. The van der Waals surface area contributed by atoms with Crippen molar-refractivity contribution in [1.29, 1.82) is 0 Å². The summed E-state index contributed by atoms with van der Waals surface area (Å²) in [6.07, 6.45) is 0. The van der Waals surface area contributed by atoms with Crippen molar-refractivity contribution in [2.45, 2.75) is 12.1 Å². The van der Waals surface area contributed by atoms with Gasteiger partial charge in [-0.15, -0.1) is 10.2 Å². The monoisotopic (exact) mass is 359 g/mol. The predicted octanol–water partition coefficient (Wildman–Crippen LogP) is 3.56. The van der Waals surface area contributed by atoms with Gasteiger partial charge >= 0.3 is 0 Å². The van der Waals surface area contributed by atoms with E-state index in [-0.39, 0.29) is 12.4 Å². The number of hydrogen-bond acceptors (Lipinski definition) is 5. The van der Waals surface area contributed by atoms with E-state index in [1.54, 1.807) is 22.8 Å². The number of thioether (sulfide) groups is 1. The topological polar surface area (TPSA) is 60.2 Å². The Hall–Kier alpha value is -2.38. The molecule has 2 aromatic carbocycles. The molecule has 1 aromatic heterocycles. The Morgan fingerprint density at radius 1 is 1.12 bits per heavy atom. The minimum absolute atomic E-state index is 0.00713. The van der Waals surface area contributed by atoms with Gasteiger partial charge in [0, 0.05) is 11.3 Å². The molecule has 0 fully saturated rings. The predicted molar refractivity (Wildman–Crippen MR) is 95.7 cm³/mol. The summed E-state index contributed by atoms with van der Waals surface area (Å²) in [5.41, 5.74) is 1.17. The second-order valence-corrected chi connectivity index (χ2v) is 6.18. The van der Waals surface area contributed by atoms with Gasteiger partial charge in [0.05, 0.1) is 18.9 Å². The quantitative estimate of drug-likeness (QED) is 0.654. The third kappa shape index (κ3) is 3.83. The zero-order valence-electron chi connectivity index (χ0n) is 13.7. The molecule has 0 spiro atoms. The summed E-state index contributed by atoms with van der Waals surface area (Å²) in [7, 11) is 0. The van der Waals surface area contributed by atoms with Crippen molar-refractivity contribution in [3.05, 3.63) is 54.3 Å². The van der Waals surface area contributed by atoms with E-state index in [2.05, 4.69) is 10.2 Å². The van der Waals surface area contributed by atoms with E-state index >= 15 is 0 Å². The highest BCUT2D eigenvalue weighted by Crippen LogP contribution is 2.29. The number of ether oxygens (including phenoxy) is 1. The standard InChI is InChI=1S/C18H18FN3O2S/c1-2-24-14-9-7-13(8-10-14)17-20-21-18(25-12-11-23)22(17)16-6-4-3-5-15(16)19/h3-10,23H,2,11-12H2,1H3. The Bertz CT molecular complexity index is 837. The van der Waals surface area contributed by atoms with Crippen LogP contribution in [0.3, 0.4) is 0 Å². The number of nitrogens with zero attached hydrogens (tertiary/aromatic N) is 3. The lowest BCUT2D eigenvalue weighted by Crippen LogP contribution is -2.03. The summed E-state index contributed by atoms with van der Waals surface area (Å²) in [5.74, 6) is 1.39. The first-order chi connectivity index (χ1) is 12.2. The van der Waals surface area contributed by atoms with Crippen LogP contribution in [0.1, 0.15) is 6.92 Å². The summed E-state index contributed by atoms with van der Waals surface area (Å²) in [5, 5.41) is 18.0. The van der Waals surface area contributed by atoms with Crippen molar-refractivity contribution < 1.29 is 14.2 Å². The molecule has 3 rings (SSSR count). The van der Waals surface area contributed by atoms with Gasteiger partial charge in [0.15, 0.2) is 11.0 Å². The number of rotatable bonds is 7. The average molecular weight is 359 g/mol. The van der Waals surface area contributed by atoms with Gasteiger partial charge in [-0.05, 0) is 43.3 Å². The molecule has 5 nitrogen and oxygen atoms in total. The van der Waals surface area contributed by atoms with Crippen molar-refractivity contribution in [2.24, 2.45) is 0 Å². The zero-order valence-corrected chi connectivity index (χ0v) is 14.5. The molecule has 0 aliphatic heterocycles. The van der Waals surface area contributed by atoms with Crippen LogP contribution in [-0.4, -0.2) is 38.8 Å². The second-order valence-electron chi connectivity index (χ2n) is 5.12. The fourth-order valence-electron chi connectivity index (χ4n) is 2.40. The lowest BCUT2D eigenvalue weighted by Gasteiger charge is -2.11. The van der Waals surface area contributed by atoms with E-state index in [9.17, 15) is 4.39 Å². The van der Waals surface area contributed by atoms with E-state index in [0.717, 1.165) is 11.3 Å². The molecule has 7 heteroatoms. The largest absolute Gasteiger partial charge is 0.494 e. The van der Waals surface area contributed by atoms with E-state index in [4.69, 9.17) is 9.84 Å². The molecule has 3 aromatic rings. The SMILES string of the molecule is CCOc1ccc(-c2nnc(SCCO)n2-c2ccccc2F)cc1. The summed E-state index contributed by atoms with van der Waals surface area (Å²) in [4.78, 5) is 0. The molecule has 25 heavy (non-hydrogen) atoms. The minimum Gasteiger partial charge on any atom is -0.494 e. The number of halogens is 1. The molecule has 0 aliphatic rings. The Balaban J connectivity index is 2.07. The number of hydrogen-bond donors (Lipinski definition) is 1. The summed E-state index contributed by atoms with van der Waals surface area (Å²) >= 11 is 1.33. The molecule has 0 aliphatic carbocycles. The molecule has 0 unspecified atom stereocenters. The maximum atomic E-state index is 14.4. The maximum Gasteiger partial charge on any atom is 0.196 e. The highest BCUT2D eigenvalue weighted by atomic mass is 32.2. The van der Waals surface area contributed by atoms with Crippen LogP contribution in [0.15, 0.2) is 53.7 Å². The van der Waals surface area contributed by atoms with Gasteiger partial charge in [-0.1, -0.05) is 23.9 Å². The lowest BCUT2D eigenvalue weighted by molar-refractivity contribution is 0.322. The van der Waals surface area contributed by atoms with Crippen LogP contribution in [0.25, 0.3) is 17.1 Å². The van der Waals surface area contributed by atoms with Crippen LogP contribution in [0.4, 0.5) is 4.39 Å². The molecule has 0 atom stereocenters. The first-order valence-corrected chi connectivity index (χ1v) is 8.90. The van der Waals surface area contributed by atoms with E-state index < -0.39 is 0 Å². The van der Waals surface area contributed by atoms with Gasteiger partial charge < -0.3 is 9.84 Å². The number of benzene rings is 2. The van der Waals surface area contributed by atoms with Gasteiger partial charge in [-0.2, -0.15) is 0 Å². The molecule has 0 bridgehead atoms. The number of aromatic nitrogens is 3. The summed E-state index contributed by atoms with van der Waals surface area (Å²) in [6, 6.07) is 13.9. The molecule has 1 heterocycles. The van der Waals surface area contributed by atoms with Crippen LogP contribution in [-0.2, 0) is 0 Å². The number of para-hydroxylation sites is 1. The average Bonchev–Trinajstić information content (AvgIpc) is 3.05. The molecular formula is C18H18FN3O2S. The minimum atomic E-state index is -0.361. The Labute approximate surface area is 149 Å². The lowest BCUT2D eigenvalue weighted by atomic mass is 10.2. The highest BCUT2D eigenvalue weighted by molar-refractivity contribution is 7.99. The fourth-order valence-corrected chi connectivity index (χ4v) is 3.09. The van der Waals surface area contributed by atoms with Gasteiger partial charge in [0.25, 0.3) is 0 Å². The van der Waals surface area contributed by atoms with E-state index in [0.29, 0.717) is 29.0 Å². The Morgan fingerprint density at radius 3 is 2.56 bits per heavy atom. The third-order valence-electron chi connectivity index (χ3n) is 3.47. The number of aliphatic hydroxyl groups excluding tert-OH is 1. The van der Waals surface area contributed by atoms with Gasteiger partial charge in [0.2, 0.25) is 0 Å². The van der Waals surface area contributed by atoms with Crippen LogP contribution in [0.2, 0.25) is 0 Å². The smallest absolute Gasteiger partial charge is 0.196 e. The highest BCUT2D eigenvalue weighted by Gasteiger charge is 2.18. The first kappa shape index (κ1) is 17.4. The molecular weight excluding hydrogens is 341 g/mol. The van der Waals surface area contributed by atoms with Gasteiger partial charge in [-0.3, -0.25) is 4.57 Å². The molecule has 1 N–H and O–H groups in total. The van der Waals surface area contributed by atoms with Crippen LogP contribution < -0.4 is 4.74 Å². The summed E-state index contributed by atoms with van der Waals surface area (Å²) in [6.45, 7) is 2.52. The van der Waals surface area contributed by atoms with Crippen molar-refractivity contribution in [2.75, 3.05) is 19.0 Å². The van der Waals surface area contributed by atoms with Crippen LogP contribution >= 0.6 is 11.8 Å². The van der Waals surface area contributed by atoms with Crippen molar-refractivity contribution in [1.82, 2.24) is 14.8 Å². The van der Waals surface area contributed by atoms with Gasteiger partial charge in [-0.25, -0.2) is 4.39 Å². The van der Waals surface area contributed by atoms with E-state index in [1.807, 2.05) is 31.2 Å². The van der Waals surface area contributed by atoms with Crippen molar-refractivity contribution in [3.8, 4) is 22.8 Å². The Kier molecular flexibility index (Phi) is 5.67. The number of aliphatic hydroxyl groups is 1. The normalized spacial score (nSPS) is 10.8.